The maximum Gasteiger partial charge on any atom is 0.112 e. The Morgan fingerprint density at radius 2 is 0.923 bits per heavy atom. The van der Waals surface area contributed by atoms with Gasteiger partial charge in [0.25, 0.3) is 0 Å². The predicted octanol–water partition coefficient (Wildman–Crippen LogP) is 3.76. The van der Waals surface area contributed by atoms with Gasteiger partial charge in [-0.15, -0.1) is 0 Å². The third kappa shape index (κ3) is 3.96. The van der Waals surface area contributed by atoms with Crippen LogP contribution in [0, 0.1) is 0 Å². The Labute approximate surface area is 86.7 Å². The molecule has 0 saturated carbocycles. The molecule has 0 amide bonds. The molecule has 0 rings (SSSR count). The van der Waals surface area contributed by atoms with Crippen molar-refractivity contribution in [3.63, 3.8) is 0 Å². The summed E-state index contributed by atoms with van der Waals surface area (Å²) >= 11 is 0. The summed E-state index contributed by atoms with van der Waals surface area (Å²) < 4.78 is 2.84. The fourth-order valence-electron chi connectivity index (χ4n) is 3.02. The second-order valence-corrected chi connectivity index (χ2v) is 16.9. The molecule has 0 aliphatic heterocycles. The minimum atomic E-state index is -1.16. The van der Waals surface area contributed by atoms with Crippen molar-refractivity contribution in [2.75, 3.05) is 0 Å². The predicted molar refractivity (Wildman–Crippen MR) is 68.3 cm³/mol. The number of nitrogens with zero attached hydrogens (tertiary/aromatic N) is 1. The summed E-state index contributed by atoms with van der Waals surface area (Å²) in [5, 5.41) is 0. The zero-order valence-corrected chi connectivity index (χ0v) is 12.9. The van der Waals surface area contributed by atoms with E-state index in [4.69, 9.17) is 0 Å². The minimum Gasteiger partial charge on any atom is -0.341 e. The van der Waals surface area contributed by atoms with E-state index in [9.17, 15) is 0 Å². The minimum absolute atomic E-state index is 0.342. The van der Waals surface area contributed by atoms with Gasteiger partial charge in [-0.3, -0.25) is 0 Å². The van der Waals surface area contributed by atoms with Crippen molar-refractivity contribution in [1.82, 2.24) is 4.23 Å². The molecule has 13 heavy (non-hydrogen) atoms. The second kappa shape index (κ2) is 3.52. The molecule has 0 spiro atoms. The van der Waals surface area contributed by atoms with Crippen molar-refractivity contribution >= 4 is 16.5 Å². The largest absolute Gasteiger partial charge is 0.341 e. The standard InChI is InChI=1S/C10H27NSi2/c1-10(2,3)11(12(4,5)6)13(7,8)9/h1-9H3. The van der Waals surface area contributed by atoms with Crippen LogP contribution in [-0.2, 0) is 0 Å². The van der Waals surface area contributed by atoms with Crippen LogP contribution in [0.5, 0.6) is 0 Å². The van der Waals surface area contributed by atoms with Crippen LogP contribution in [0.2, 0.25) is 39.3 Å². The molecule has 0 aromatic carbocycles. The Hall–Kier alpha value is 0.394. The molecular formula is C10H27NSi2. The van der Waals surface area contributed by atoms with Gasteiger partial charge in [-0.05, 0) is 26.3 Å². The summed E-state index contributed by atoms with van der Waals surface area (Å²) in [5.41, 5.74) is 0.342. The Bertz CT molecular complexity index is 136. The van der Waals surface area contributed by atoms with Gasteiger partial charge < -0.3 is 4.23 Å². The molecule has 0 aromatic heterocycles. The van der Waals surface area contributed by atoms with Crippen LogP contribution >= 0.6 is 0 Å². The molecule has 0 fully saturated rings. The maximum absolute atomic E-state index is 2.84. The van der Waals surface area contributed by atoms with Gasteiger partial charge in [-0.2, -0.15) is 0 Å². The molecule has 0 radical (unpaired) electrons. The molecule has 1 nitrogen and oxygen atoms in total. The summed E-state index contributed by atoms with van der Waals surface area (Å²) in [6, 6.07) is 0. The molecule has 0 bridgehead atoms. The normalized spacial score (nSPS) is 15.2. The summed E-state index contributed by atoms with van der Waals surface area (Å²) in [4.78, 5) is 0. The zero-order valence-electron chi connectivity index (χ0n) is 10.9. The van der Waals surface area contributed by atoms with Crippen molar-refractivity contribution in [3.05, 3.63) is 0 Å². The average molecular weight is 218 g/mol. The highest BCUT2D eigenvalue weighted by Crippen LogP contribution is 2.28. The molecular weight excluding hydrogens is 190 g/mol. The Morgan fingerprint density at radius 1 is 0.692 bits per heavy atom. The van der Waals surface area contributed by atoms with Gasteiger partial charge in [0.2, 0.25) is 0 Å². The van der Waals surface area contributed by atoms with Crippen LogP contribution in [0.4, 0.5) is 0 Å². The highest BCUT2D eigenvalue weighted by atomic mass is 28.4. The first-order valence-corrected chi connectivity index (χ1v) is 12.1. The number of hydrogen-bond acceptors (Lipinski definition) is 1. The van der Waals surface area contributed by atoms with Crippen molar-refractivity contribution in [2.24, 2.45) is 0 Å². The zero-order chi connectivity index (χ0) is 11.1. The lowest BCUT2D eigenvalue weighted by molar-refractivity contribution is 0.349. The number of rotatable bonds is 2. The van der Waals surface area contributed by atoms with E-state index in [0.29, 0.717) is 5.54 Å². The average Bonchev–Trinajstić information content (AvgIpc) is 1.44. The SMILES string of the molecule is CC(C)(C)N([Si](C)(C)C)[Si](C)(C)C. The highest BCUT2D eigenvalue weighted by Gasteiger charge is 2.40. The van der Waals surface area contributed by atoms with Crippen molar-refractivity contribution in [1.29, 1.82) is 0 Å². The van der Waals surface area contributed by atoms with Crippen LogP contribution in [0.3, 0.4) is 0 Å². The van der Waals surface area contributed by atoms with Gasteiger partial charge in [0, 0.05) is 0 Å². The van der Waals surface area contributed by atoms with E-state index in [2.05, 4.69) is 64.3 Å². The lowest BCUT2D eigenvalue weighted by Crippen LogP contribution is -2.66. The molecule has 3 heteroatoms. The molecule has 0 aliphatic carbocycles. The van der Waals surface area contributed by atoms with Gasteiger partial charge in [-0.25, -0.2) is 0 Å². The van der Waals surface area contributed by atoms with Crippen molar-refractivity contribution in [3.8, 4) is 0 Å². The molecule has 0 saturated heterocycles. The smallest absolute Gasteiger partial charge is 0.112 e. The molecule has 0 N–H and O–H groups in total. The highest BCUT2D eigenvalue weighted by molar-refractivity contribution is 6.89. The quantitative estimate of drug-likeness (QED) is 0.637. The third-order valence-corrected chi connectivity index (χ3v) is 10.1. The van der Waals surface area contributed by atoms with Crippen molar-refractivity contribution < 1.29 is 0 Å². The fourth-order valence-corrected chi connectivity index (χ4v) is 15.1. The van der Waals surface area contributed by atoms with E-state index in [1.807, 2.05) is 0 Å². The molecule has 0 aliphatic rings. The van der Waals surface area contributed by atoms with E-state index < -0.39 is 16.5 Å². The fraction of sp³-hybridized carbons (Fsp3) is 1.00. The summed E-state index contributed by atoms with van der Waals surface area (Å²) in [6.45, 7) is 21.8. The van der Waals surface area contributed by atoms with E-state index >= 15 is 0 Å². The van der Waals surface area contributed by atoms with Gasteiger partial charge >= 0.3 is 0 Å². The summed E-state index contributed by atoms with van der Waals surface area (Å²) in [6.07, 6.45) is 0. The first-order valence-electron chi connectivity index (χ1n) is 5.17. The topological polar surface area (TPSA) is 3.24 Å². The van der Waals surface area contributed by atoms with Crippen LogP contribution in [0.1, 0.15) is 20.8 Å². The Kier molecular flexibility index (Phi) is 3.62. The van der Waals surface area contributed by atoms with Gasteiger partial charge in [0.05, 0.1) is 0 Å². The van der Waals surface area contributed by atoms with Gasteiger partial charge in [-0.1, -0.05) is 39.3 Å². The molecule has 0 aromatic rings. The Morgan fingerprint density at radius 3 is 0.923 bits per heavy atom. The summed E-state index contributed by atoms with van der Waals surface area (Å²) in [5.74, 6) is 0. The van der Waals surface area contributed by atoms with E-state index in [0.717, 1.165) is 0 Å². The summed E-state index contributed by atoms with van der Waals surface area (Å²) in [7, 11) is -2.32. The van der Waals surface area contributed by atoms with E-state index in [1.54, 1.807) is 0 Å². The Balaban J connectivity index is 5.02. The maximum atomic E-state index is 2.84. The van der Waals surface area contributed by atoms with E-state index in [-0.39, 0.29) is 0 Å². The third-order valence-electron chi connectivity index (χ3n) is 2.01. The van der Waals surface area contributed by atoms with Gasteiger partial charge in [0.15, 0.2) is 0 Å². The van der Waals surface area contributed by atoms with Crippen LogP contribution in [0.15, 0.2) is 0 Å². The van der Waals surface area contributed by atoms with Crippen LogP contribution in [0.25, 0.3) is 0 Å². The monoisotopic (exact) mass is 217 g/mol. The molecule has 80 valence electrons. The van der Waals surface area contributed by atoms with Gasteiger partial charge in [0.1, 0.15) is 16.5 Å². The molecule has 0 heterocycles. The van der Waals surface area contributed by atoms with Crippen LogP contribution in [-0.4, -0.2) is 26.2 Å². The first kappa shape index (κ1) is 13.4. The van der Waals surface area contributed by atoms with Crippen LogP contribution < -0.4 is 0 Å². The lowest BCUT2D eigenvalue weighted by atomic mass is 10.1. The van der Waals surface area contributed by atoms with Crippen molar-refractivity contribution in [2.45, 2.75) is 65.6 Å². The molecule has 0 atom stereocenters. The van der Waals surface area contributed by atoms with E-state index in [1.165, 1.54) is 0 Å². The first-order chi connectivity index (χ1) is 5.37. The molecule has 0 unspecified atom stereocenters. The lowest BCUT2D eigenvalue weighted by Gasteiger charge is -2.52. The second-order valence-electron chi connectivity index (χ2n) is 6.85. The number of hydrogen-bond donors (Lipinski definition) is 0.